The molecular weight excluding hydrogens is 212 g/mol. The van der Waals surface area contributed by atoms with Crippen LogP contribution in [-0.2, 0) is 7.05 Å². The van der Waals surface area contributed by atoms with Crippen LogP contribution in [0.15, 0.2) is 12.5 Å². The average Bonchev–Trinajstić information content (AvgIpc) is 2.74. The fourth-order valence-electron chi connectivity index (χ4n) is 2.05. The summed E-state index contributed by atoms with van der Waals surface area (Å²) in [5.41, 5.74) is 0.804. The third-order valence-electron chi connectivity index (χ3n) is 3.15. The average molecular weight is 238 g/mol. The maximum atomic E-state index is 9.90. The van der Waals surface area contributed by atoms with Crippen molar-refractivity contribution in [1.82, 2.24) is 9.55 Å². The number of rotatable bonds is 9. The van der Waals surface area contributed by atoms with E-state index in [-0.39, 0.29) is 6.10 Å². The van der Waals surface area contributed by atoms with E-state index in [1.54, 1.807) is 6.33 Å². The minimum Gasteiger partial charge on any atom is -0.387 e. The van der Waals surface area contributed by atoms with Crippen molar-refractivity contribution in [2.45, 2.75) is 64.4 Å². The van der Waals surface area contributed by atoms with Gasteiger partial charge in [0.2, 0.25) is 0 Å². The Morgan fingerprint density at radius 2 is 1.82 bits per heavy atom. The second kappa shape index (κ2) is 8.29. The first-order valence-corrected chi connectivity index (χ1v) is 6.90. The lowest BCUT2D eigenvalue weighted by atomic mass is 10.1. The summed E-state index contributed by atoms with van der Waals surface area (Å²) >= 11 is 0. The van der Waals surface area contributed by atoms with Gasteiger partial charge in [-0.2, -0.15) is 0 Å². The van der Waals surface area contributed by atoms with Gasteiger partial charge in [0.15, 0.2) is 0 Å². The largest absolute Gasteiger partial charge is 0.387 e. The summed E-state index contributed by atoms with van der Waals surface area (Å²) in [5.74, 6) is 0. The van der Waals surface area contributed by atoms with Gasteiger partial charge in [-0.15, -0.1) is 0 Å². The van der Waals surface area contributed by atoms with Crippen molar-refractivity contribution in [1.29, 1.82) is 0 Å². The van der Waals surface area contributed by atoms with Crippen molar-refractivity contribution in [3.8, 4) is 0 Å². The predicted octanol–water partition coefficient (Wildman–Crippen LogP) is 3.59. The van der Waals surface area contributed by atoms with Gasteiger partial charge >= 0.3 is 0 Å². The van der Waals surface area contributed by atoms with Gasteiger partial charge in [-0.3, -0.25) is 0 Å². The molecule has 0 aliphatic carbocycles. The molecule has 0 radical (unpaired) electrons. The van der Waals surface area contributed by atoms with Crippen molar-refractivity contribution in [3.63, 3.8) is 0 Å². The Morgan fingerprint density at radius 3 is 2.41 bits per heavy atom. The fourth-order valence-corrected chi connectivity index (χ4v) is 2.05. The molecule has 1 atom stereocenters. The van der Waals surface area contributed by atoms with E-state index in [0.29, 0.717) is 0 Å². The van der Waals surface area contributed by atoms with Crippen LogP contribution in [0.3, 0.4) is 0 Å². The lowest BCUT2D eigenvalue weighted by Crippen LogP contribution is -1.97. The number of unbranched alkanes of at least 4 members (excludes halogenated alkanes) is 6. The lowest BCUT2D eigenvalue weighted by molar-refractivity contribution is 0.159. The molecule has 1 N–H and O–H groups in total. The number of aryl methyl sites for hydroxylation is 1. The van der Waals surface area contributed by atoms with E-state index in [4.69, 9.17) is 0 Å². The van der Waals surface area contributed by atoms with Crippen LogP contribution >= 0.6 is 0 Å². The summed E-state index contributed by atoms with van der Waals surface area (Å²) in [6, 6.07) is 0. The number of imidazole rings is 1. The van der Waals surface area contributed by atoms with Gasteiger partial charge in [-0.05, 0) is 6.42 Å². The highest BCUT2D eigenvalue weighted by atomic mass is 16.3. The predicted molar refractivity (Wildman–Crippen MR) is 70.8 cm³/mol. The van der Waals surface area contributed by atoms with E-state index in [1.165, 1.54) is 38.5 Å². The quantitative estimate of drug-likeness (QED) is 0.668. The van der Waals surface area contributed by atoms with E-state index >= 15 is 0 Å². The number of nitrogens with zero attached hydrogens (tertiary/aromatic N) is 2. The first-order chi connectivity index (χ1) is 8.24. The molecule has 0 aliphatic rings. The second-order valence-corrected chi connectivity index (χ2v) is 4.89. The van der Waals surface area contributed by atoms with Gasteiger partial charge in [-0.1, -0.05) is 51.9 Å². The minimum atomic E-state index is -0.383. The molecule has 0 saturated carbocycles. The highest BCUT2D eigenvalue weighted by Gasteiger charge is 2.09. The Hall–Kier alpha value is -0.830. The Labute approximate surface area is 105 Å². The van der Waals surface area contributed by atoms with Crippen molar-refractivity contribution >= 4 is 0 Å². The normalized spacial score (nSPS) is 12.9. The molecule has 0 saturated heterocycles. The number of hydrogen-bond acceptors (Lipinski definition) is 2. The molecule has 0 amide bonds. The van der Waals surface area contributed by atoms with Crippen LogP contribution in [0, 0.1) is 0 Å². The third kappa shape index (κ3) is 5.87. The number of aliphatic hydroxyl groups is 1. The SMILES string of the molecule is CCCCCCCCCC(O)c1cn(C)cn1. The molecule has 0 aliphatic heterocycles. The van der Waals surface area contributed by atoms with E-state index in [1.807, 2.05) is 17.8 Å². The van der Waals surface area contributed by atoms with Gasteiger partial charge in [0.1, 0.15) is 0 Å². The zero-order chi connectivity index (χ0) is 12.5. The molecule has 3 heteroatoms. The van der Waals surface area contributed by atoms with Crippen LogP contribution < -0.4 is 0 Å². The highest BCUT2D eigenvalue weighted by molar-refractivity contribution is 5.00. The summed E-state index contributed by atoms with van der Waals surface area (Å²) in [5, 5.41) is 9.90. The van der Waals surface area contributed by atoms with Crippen LogP contribution in [0.25, 0.3) is 0 Å². The molecule has 1 aromatic heterocycles. The zero-order valence-electron chi connectivity index (χ0n) is 11.2. The Morgan fingerprint density at radius 1 is 1.18 bits per heavy atom. The van der Waals surface area contributed by atoms with Gasteiger partial charge in [0, 0.05) is 13.2 Å². The van der Waals surface area contributed by atoms with Crippen molar-refractivity contribution < 1.29 is 5.11 Å². The van der Waals surface area contributed by atoms with Crippen LogP contribution in [0.1, 0.15) is 70.1 Å². The number of hydrogen-bond donors (Lipinski definition) is 1. The molecule has 1 heterocycles. The fraction of sp³-hybridized carbons (Fsp3) is 0.786. The minimum absolute atomic E-state index is 0.383. The summed E-state index contributed by atoms with van der Waals surface area (Å²) in [7, 11) is 1.93. The first-order valence-electron chi connectivity index (χ1n) is 6.90. The topological polar surface area (TPSA) is 38.0 Å². The molecule has 0 aromatic carbocycles. The van der Waals surface area contributed by atoms with E-state index in [0.717, 1.165) is 18.5 Å². The molecule has 0 fully saturated rings. The van der Waals surface area contributed by atoms with Crippen molar-refractivity contribution in [3.05, 3.63) is 18.2 Å². The van der Waals surface area contributed by atoms with E-state index in [9.17, 15) is 5.11 Å². The Bertz CT molecular complexity index is 296. The summed E-state index contributed by atoms with van der Waals surface area (Å²) in [6.07, 6.45) is 13.1. The van der Waals surface area contributed by atoms with Crippen LogP contribution in [0.5, 0.6) is 0 Å². The van der Waals surface area contributed by atoms with Crippen molar-refractivity contribution in [2.24, 2.45) is 7.05 Å². The number of aliphatic hydroxyl groups excluding tert-OH is 1. The Balaban J connectivity index is 2.03. The lowest BCUT2D eigenvalue weighted by Gasteiger charge is -2.07. The summed E-state index contributed by atoms with van der Waals surface area (Å²) in [6.45, 7) is 2.24. The monoisotopic (exact) mass is 238 g/mol. The molecule has 1 unspecified atom stereocenters. The molecule has 3 nitrogen and oxygen atoms in total. The molecular formula is C14H26N2O. The maximum Gasteiger partial charge on any atom is 0.0975 e. The standard InChI is InChI=1S/C14H26N2O/c1-3-4-5-6-7-8-9-10-14(17)13-11-16(2)12-15-13/h11-12,14,17H,3-10H2,1-2H3. The molecule has 1 aromatic rings. The summed E-state index contributed by atoms with van der Waals surface area (Å²) in [4.78, 5) is 4.17. The Kier molecular flexibility index (Phi) is 6.94. The first kappa shape index (κ1) is 14.2. The van der Waals surface area contributed by atoms with Gasteiger partial charge < -0.3 is 9.67 Å². The number of aromatic nitrogens is 2. The molecule has 0 bridgehead atoms. The second-order valence-electron chi connectivity index (χ2n) is 4.89. The zero-order valence-corrected chi connectivity index (χ0v) is 11.2. The summed E-state index contributed by atoms with van der Waals surface area (Å²) < 4.78 is 1.88. The van der Waals surface area contributed by atoms with Crippen LogP contribution in [-0.4, -0.2) is 14.7 Å². The molecule has 0 spiro atoms. The van der Waals surface area contributed by atoms with E-state index < -0.39 is 0 Å². The maximum absolute atomic E-state index is 9.90. The molecule has 98 valence electrons. The van der Waals surface area contributed by atoms with Crippen LogP contribution in [0.4, 0.5) is 0 Å². The van der Waals surface area contributed by atoms with Crippen LogP contribution in [0.2, 0.25) is 0 Å². The van der Waals surface area contributed by atoms with E-state index in [2.05, 4.69) is 11.9 Å². The molecule has 1 rings (SSSR count). The third-order valence-corrected chi connectivity index (χ3v) is 3.15. The smallest absolute Gasteiger partial charge is 0.0975 e. The highest BCUT2D eigenvalue weighted by Crippen LogP contribution is 2.18. The van der Waals surface area contributed by atoms with Gasteiger partial charge in [0.25, 0.3) is 0 Å². The van der Waals surface area contributed by atoms with Gasteiger partial charge in [0.05, 0.1) is 18.1 Å². The molecule has 17 heavy (non-hydrogen) atoms. The van der Waals surface area contributed by atoms with Gasteiger partial charge in [-0.25, -0.2) is 4.98 Å². The van der Waals surface area contributed by atoms with Crippen molar-refractivity contribution in [2.75, 3.05) is 0 Å².